The Morgan fingerprint density at radius 3 is 2.63 bits per heavy atom. The van der Waals surface area contributed by atoms with Crippen molar-refractivity contribution in [1.29, 1.82) is 0 Å². The summed E-state index contributed by atoms with van der Waals surface area (Å²) in [5.41, 5.74) is 2.03. The molecule has 190 valence electrons. The molecule has 1 fully saturated rings. The van der Waals surface area contributed by atoms with E-state index in [1.165, 1.54) is 0 Å². The zero-order valence-electron chi connectivity index (χ0n) is 20.0. The standard InChI is InChI=1S/C27H20ClN5O5/c1-32-21-12-22(38-16-5-2-4-15(28)11-16)19(10-14(21)13-29-32)30-18-7-3-6-17-24(18)27(37)33(26(17)36)20-8-9-23(34)31-25(20)35/h2-7,10-13,20,30H,8-9H2,1H3,(H,31,34,35). The van der Waals surface area contributed by atoms with Gasteiger partial charge >= 0.3 is 0 Å². The number of nitrogens with zero attached hydrogens (tertiary/aromatic N) is 3. The molecule has 4 aromatic rings. The normalized spacial score (nSPS) is 17.1. The Bertz CT molecular complexity index is 1680. The Kier molecular flexibility index (Phi) is 5.61. The number of hydrogen-bond acceptors (Lipinski definition) is 7. The first kappa shape index (κ1) is 23.7. The smallest absolute Gasteiger partial charge is 0.264 e. The van der Waals surface area contributed by atoms with E-state index < -0.39 is 29.7 Å². The zero-order valence-corrected chi connectivity index (χ0v) is 20.8. The number of rotatable bonds is 5. The number of aromatic nitrogens is 2. The number of halogens is 1. The average molecular weight is 530 g/mol. The molecule has 0 bridgehead atoms. The van der Waals surface area contributed by atoms with E-state index in [4.69, 9.17) is 16.3 Å². The number of benzene rings is 3. The maximum atomic E-state index is 13.5. The Hall–Kier alpha value is -4.70. The number of nitrogens with one attached hydrogen (secondary N) is 2. The van der Waals surface area contributed by atoms with Crippen molar-refractivity contribution in [3.8, 4) is 11.5 Å². The van der Waals surface area contributed by atoms with Gasteiger partial charge in [-0.3, -0.25) is 34.1 Å². The number of carbonyl (C=O) groups excluding carboxylic acids is 4. The largest absolute Gasteiger partial charge is 0.455 e. The molecular formula is C27H20ClN5O5. The first-order chi connectivity index (χ1) is 18.3. The fourth-order valence-electron chi connectivity index (χ4n) is 4.78. The van der Waals surface area contributed by atoms with Gasteiger partial charge < -0.3 is 10.1 Å². The lowest BCUT2D eigenvalue weighted by molar-refractivity contribution is -0.136. The molecule has 38 heavy (non-hydrogen) atoms. The van der Waals surface area contributed by atoms with E-state index in [-0.39, 0.29) is 24.0 Å². The van der Waals surface area contributed by atoms with Crippen molar-refractivity contribution in [2.24, 2.45) is 7.05 Å². The zero-order chi connectivity index (χ0) is 26.6. The summed E-state index contributed by atoms with van der Waals surface area (Å²) in [4.78, 5) is 51.7. The van der Waals surface area contributed by atoms with Crippen molar-refractivity contribution >= 4 is 57.5 Å². The lowest BCUT2D eigenvalue weighted by atomic mass is 10.0. The van der Waals surface area contributed by atoms with Crippen LogP contribution in [-0.4, -0.2) is 44.4 Å². The molecular weight excluding hydrogens is 510 g/mol. The molecule has 4 amide bonds. The molecule has 0 aliphatic carbocycles. The van der Waals surface area contributed by atoms with Crippen LogP contribution in [0.3, 0.4) is 0 Å². The summed E-state index contributed by atoms with van der Waals surface area (Å²) in [6, 6.07) is 14.4. The van der Waals surface area contributed by atoms with E-state index in [0.717, 1.165) is 15.8 Å². The molecule has 6 rings (SSSR count). The third-order valence-electron chi connectivity index (χ3n) is 6.61. The Labute approximate surface area is 221 Å². The van der Waals surface area contributed by atoms with Gasteiger partial charge in [-0.25, -0.2) is 0 Å². The van der Waals surface area contributed by atoms with Gasteiger partial charge in [0.05, 0.1) is 34.2 Å². The van der Waals surface area contributed by atoms with Crippen molar-refractivity contribution < 1.29 is 23.9 Å². The molecule has 11 heteroatoms. The number of ether oxygens (including phenoxy) is 1. The molecule has 10 nitrogen and oxygen atoms in total. The molecule has 0 spiro atoms. The highest BCUT2D eigenvalue weighted by molar-refractivity contribution is 6.30. The number of hydrogen-bond donors (Lipinski definition) is 2. The molecule has 2 aliphatic heterocycles. The van der Waals surface area contributed by atoms with Crippen LogP contribution in [0.5, 0.6) is 11.5 Å². The maximum absolute atomic E-state index is 13.5. The second-order valence-electron chi connectivity index (χ2n) is 9.04. The van der Waals surface area contributed by atoms with Gasteiger partial charge in [-0.2, -0.15) is 5.10 Å². The van der Waals surface area contributed by atoms with Gasteiger partial charge in [0.25, 0.3) is 11.8 Å². The predicted molar refractivity (Wildman–Crippen MR) is 139 cm³/mol. The number of imide groups is 2. The molecule has 3 heterocycles. The van der Waals surface area contributed by atoms with Crippen LogP contribution in [0.15, 0.2) is 60.8 Å². The first-order valence-electron chi connectivity index (χ1n) is 11.8. The average Bonchev–Trinajstić information content (AvgIpc) is 3.36. The van der Waals surface area contributed by atoms with Crippen molar-refractivity contribution in [3.05, 3.63) is 76.9 Å². The van der Waals surface area contributed by atoms with E-state index >= 15 is 0 Å². The van der Waals surface area contributed by atoms with Crippen LogP contribution in [0, 0.1) is 0 Å². The fourth-order valence-corrected chi connectivity index (χ4v) is 4.96. The predicted octanol–water partition coefficient (Wildman–Crippen LogP) is 4.16. The van der Waals surface area contributed by atoms with E-state index in [9.17, 15) is 19.2 Å². The fraction of sp³-hybridized carbons (Fsp3) is 0.148. The quantitative estimate of drug-likeness (QED) is 0.372. The van der Waals surface area contributed by atoms with Crippen molar-refractivity contribution in [1.82, 2.24) is 20.0 Å². The molecule has 1 atom stereocenters. The van der Waals surface area contributed by atoms with E-state index in [2.05, 4.69) is 15.7 Å². The number of amides is 4. The minimum atomic E-state index is -1.05. The highest BCUT2D eigenvalue weighted by Crippen LogP contribution is 2.39. The summed E-state index contributed by atoms with van der Waals surface area (Å²) in [6.45, 7) is 0. The number of aryl methyl sites for hydroxylation is 1. The Balaban J connectivity index is 1.39. The van der Waals surface area contributed by atoms with Crippen LogP contribution in [0.25, 0.3) is 10.9 Å². The molecule has 0 saturated carbocycles. The lowest BCUT2D eigenvalue weighted by Gasteiger charge is -2.27. The van der Waals surface area contributed by atoms with Crippen molar-refractivity contribution in [2.75, 3.05) is 5.32 Å². The number of anilines is 2. The molecule has 3 aromatic carbocycles. The molecule has 2 aliphatic rings. The van der Waals surface area contributed by atoms with Gasteiger partial charge in [0.1, 0.15) is 11.8 Å². The minimum absolute atomic E-state index is 0.0459. The maximum Gasteiger partial charge on any atom is 0.264 e. The van der Waals surface area contributed by atoms with Gasteiger partial charge in [-0.15, -0.1) is 0 Å². The summed E-state index contributed by atoms with van der Waals surface area (Å²) in [5, 5.41) is 11.1. The van der Waals surface area contributed by atoms with Gasteiger partial charge in [0.2, 0.25) is 11.8 Å². The lowest BCUT2D eigenvalue weighted by Crippen LogP contribution is -2.54. The number of carbonyl (C=O) groups is 4. The molecule has 2 N–H and O–H groups in total. The SMILES string of the molecule is Cn1ncc2cc(Nc3cccc4c3C(=O)N(C3CCC(=O)NC3=O)C4=O)c(Oc3cccc(Cl)c3)cc21. The molecule has 1 unspecified atom stereocenters. The number of fused-ring (bicyclic) bond motifs is 2. The minimum Gasteiger partial charge on any atom is -0.455 e. The van der Waals surface area contributed by atoms with Crippen LogP contribution in [-0.2, 0) is 16.6 Å². The molecule has 0 radical (unpaired) electrons. The van der Waals surface area contributed by atoms with Gasteiger partial charge in [0, 0.05) is 29.9 Å². The molecule has 1 saturated heterocycles. The van der Waals surface area contributed by atoms with Crippen LogP contribution in [0.4, 0.5) is 11.4 Å². The number of piperidine rings is 1. The van der Waals surface area contributed by atoms with Crippen LogP contribution in [0.2, 0.25) is 5.02 Å². The molecule has 1 aromatic heterocycles. The van der Waals surface area contributed by atoms with Crippen molar-refractivity contribution in [3.63, 3.8) is 0 Å². The van der Waals surface area contributed by atoms with E-state index in [1.807, 2.05) is 19.2 Å². The second kappa shape index (κ2) is 9.00. The van der Waals surface area contributed by atoms with Crippen LogP contribution < -0.4 is 15.4 Å². The van der Waals surface area contributed by atoms with E-state index in [0.29, 0.717) is 27.9 Å². The highest BCUT2D eigenvalue weighted by atomic mass is 35.5. The van der Waals surface area contributed by atoms with Gasteiger partial charge in [-0.05, 0) is 42.8 Å². The second-order valence-corrected chi connectivity index (χ2v) is 9.47. The third-order valence-corrected chi connectivity index (χ3v) is 6.84. The topological polar surface area (TPSA) is 123 Å². The summed E-state index contributed by atoms with van der Waals surface area (Å²) in [6.07, 6.45) is 1.83. The van der Waals surface area contributed by atoms with Crippen LogP contribution >= 0.6 is 11.6 Å². The highest BCUT2D eigenvalue weighted by Gasteiger charge is 2.45. The van der Waals surface area contributed by atoms with Crippen LogP contribution in [0.1, 0.15) is 33.6 Å². The summed E-state index contributed by atoms with van der Waals surface area (Å²) in [5.74, 6) is -1.33. The van der Waals surface area contributed by atoms with Crippen molar-refractivity contribution in [2.45, 2.75) is 18.9 Å². The first-order valence-corrected chi connectivity index (χ1v) is 12.2. The Morgan fingerprint density at radius 1 is 1.03 bits per heavy atom. The Morgan fingerprint density at radius 2 is 1.84 bits per heavy atom. The monoisotopic (exact) mass is 529 g/mol. The summed E-state index contributed by atoms with van der Waals surface area (Å²) in [7, 11) is 1.82. The van der Waals surface area contributed by atoms with Gasteiger partial charge in [-0.1, -0.05) is 23.7 Å². The van der Waals surface area contributed by atoms with Gasteiger partial charge in [0.15, 0.2) is 5.75 Å². The summed E-state index contributed by atoms with van der Waals surface area (Å²) < 4.78 is 7.88. The van der Waals surface area contributed by atoms with E-state index in [1.54, 1.807) is 53.3 Å². The third kappa shape index (κ3) is 3.95. The summed E-state index contributed by atoms with van der Waals surface area (Å²) >= 11 is 6.14.